The first kappa shape index (κ1) is 19.2. The zero-order valence-electron chi connectivity index (χ0n) is 16.1. The maximum absolute atomic E-state index is 12.1. The number of nitrogens with zero attached hydrogens (tertiary/aromatic N) is 4. The van der Waals surface area contributed by atoms with Crippen molar-refractivity contribution in [1.29, 1.82) is 0 Å². The summed E-state index contributed by atoms with van der Waals surface area (Å²) >= 11 is 1.39. The van der Waals surface area contributed by atoms with Gasteiger partial charge in [0.25, 0.3) is 0 Å². The molecule has 0 aliphatic carbocycles. The number of aromatic amines is 1. The largest absolute Gasteiger partial charge is 0.351 e. The predicted molar refractivity (Wildman–Crippen MR) is 114 cm³/mol. The third-order valence-corrected chi connectivity index (χ3v) is 5.63. The number of aryl methyl sites for hydroxylation is 2. The summed E-state index contributed by atoms with van der Waals surface area (Å²) in [6.45, 7) is 0.530. The first-order valence-electron chi connectivity index (χ1n) is 9.44. The van der Waals surface area contributed by atoms with Gasteiger partial charge in [0, 0.05) is 26.4 Å². The van der Waals surface area contributed by atoms with Gasteiger partial charge < -0.3 is 14.9 Å². The van der Waals surface area contributed by atoms with E-state index in [4.69, 9.17) is 0 Å². The maximum Gasteiger partial charge on any atom is 0.230 e. The van der Waals surface area contributed by atoms with Gasteiger partial charge in [-0.05, 0) is 17.7 Å². The number of hydrogen-bond donors (Lipinski definition) is 2. The summed E-state index contributed by atoms with van der Waals surface area (Å²) in [5, 5.41) is 12.2. The lowest BCUT2D eigenvalue weighted by Gasteiger charge is -2.05. The van der Waals surface area contributed by atoms with Crippen molar-refractivity contribution >= 4 is 28.7 Å². The molecule has 0 aliphatic rings. The van der Waals surface area contributed by atoms with E-state index >= 15 is 0 Å². The summed E-state index contributed by atoms with van der Waals surface area (Å²) in [7, 11) is 1.93. The molecule has 148 valence electrons. The molecule has 0 bridgehead atoms. The first-order chi connectivity index (χ1) is 14.2. The lowest BCUT2D eigenvalue weighted by molar-refractivity contribution is -0.118. The van der Waals surface area contributed by atoms with E-state index in [-0.39, 0.29) is 5.91 Å². The number of carbonyl (C=O) groups excluding carboxylic acids is 1. The molecule has 0 spiro atoms. The lowest BCUT2D eigenvalue weighted by atomic mass is 10.2. The number of amides is 1. The molecule has 0 atom stereocenters. The number of hydrogen-bond acceptors (Lipinski definition) is 5. The minimum atomic E-state index is -0.0225. The molecular formula is C21H22N6OS. The zero-order chi connectivity index (χ0) is 20.1. The van der Waals surface area contributed by atoms with Gasteiger partial charge in [-0.2, -0.15) is 0 Å². The highest BCUT2D eigenvalue weighted by Crippen LogP contribution is 2.17. The molecule has 8 heteroatoms. The van der Waals surface area contributed by atoms with Gasteiger partial charge in [0.2, 0.25) is 5.91 Å². The van der Waals surface area contributed by atoms with Gasteiger partial charge in [-0.15, -0.1) is 10.2 Å². The predicted octanol–water partition coefficient (Wildman–Crippen LogP) is 2.89. The molecule has 0 fully saturated rings. The summed E-state index contributed by atoms with van der Waals surface area (Å²) in [6, 6.07) is 17.9. The average molecular weight is 407 g/mol. The van der Waals surface area contributed by atoms with E-state index in [0.29, 0.717) is 12.3 Å². The van der Waals surface area contributed by atoms with E-state index in [1.54, 1.807) is 0 Å². The standard InChI is InChI=1S/C21H22N6OS/c1-27-19(12-11-18-23-16-9-5-6-10-17(16)24-18)25-26-21(27)29-14-20(28)22-13-15-7-3-2-4-8-15/h2-10H,11-14H2,1H3,(H,22,28)(H,23,24). The zero-order valence-corrected chi connectivity index (χ0v) is 16.9. The Hall–Kier alpha value is -3.13. The molecule has 2 aromatic heterocycles. The molecule has 2 N–H and O–H groups in total. The highest BCUT2D eigenvalue weighted by Gasteiger charge is 2.12. The quantitative estimate of drug-likeness (QED) is 0.439. The van der Waals surface area contributed by atoms with Crippen LogP contribution in [0.4, 0.5) is 0 Å². The maximum atomic E-state index is 12.1. The number of H-pyrrole nitrogens is 1. The Kier molecular flexibility index (Phi) is 5.90. The number of rotatable bonds is 8. The molecule has 0 aliphatic heterocycles. The Labute approximate surface area is 173 Å². The number of thioether (sulfide) groups is 1. The summed E-state index contributed by atoms with van der Waals surface area (Å²) in [5.41, 5.74) is 3.09. The molecule has 29 heavy (non-hydrogen) atoms. The number of nitrogens with one attached hydrogen (secondary N) is 2. The molecule has 0 radical (unpaired) electrons. The molecule has 7 nitrogen and oxygen atoms in total. The summed E-state index contributed by atoms with van der Waals surface area (Å²) < 4.78 is 1.94. The van der Waals surface area contributed by atoms with Crippen molar-refractivity contribution in [3.63, 3.8) is 0 Å². The normalized spacial score (nSPS) is 11.1. The van der Waals surface area contributed by atoms with Crippen LogP contribution in [0.15, 0.2) is 59.8 Å². The fourth-order valence-corrected chi connectivity index (χ4v) is 3.78. The van der Waals surface area contributed by atoms with Crippen molar-refractivity contribution < 1.29 is 4.79 Å². The Morgan fingerprint density at radius 3 is 2.69 bits per heavy atom. The lowest BCUT2D eigenvalue weighted by Crippen LogP contribution is -2.24. The van der Waals surface area contributed by atoms with Crippen LogP contribution in [0.25, 0.3) is 11.0 Å². The Morgan fingerprint density at radius 1 is 1.07 bits per heavy atom. The van der Waals surface area contributed by atoms with Crippen molar-refractivity contribution in [2.45, 2.75) is 24.5 Å². The van der Waals surface area contributed by atoms with Gasteiger partial charge in [0.15, 0.2) is 5.16 Å². The van der Waals surface area contributed by atoms with Crippen LogP contribution < -0.4 is 5.32 Å². The van der Waals surface area contributed by atoms with E-state index in [1.807, 2.05) is 66.2 Å². The average Bonchev–Trinajstić information content (AvgIpc) is 3.32. The van der Waals surface area contributed by atoms with E-state index < -0.39 is 0 Å². The molecule has 2 aromatic carbocycles. The Balaban J connectivity index is 1.28. The fourth-order valence-electron chi connectivity index (χ4n) is 3.02. The van der Waals surface area contributed by atoms with Crippen LogP contribution in [-0.4, -0.2) is 36.4 Å². The Bertz CT molecular complexity index is 1070. The van der Waals surface area contributed by atoms with E-state index in [2.05, 4.69) is 25.5 Å². The van der Waals surface area contributed by atoms with Crippen LogP contribution in [0.5, 0.6) is 0 Å². The van der Waals surface area contributed by atoms with Crippen molar-refractivity contribution in [2.75, 3.05) is 5.75 Å². The SMILES string of the molecule is Cn1c(CCc2nc3ccccc3[nH]2)nnc1SCC(=O)NCc1ccccc1. The molecular weight excluding hydrogens is 384 g/mol. The number of imidazole rings is 1. The molecule has 4 aromatic rings. The monoisotopic (exact) mass is 406 g/mol. The molecule has 2 heterocycles. The van der Waals surface area contributed by atoms with Crippen LogP contribution in [0, 0.1) is 0 Å². The Morgan fingerprint density at radius 2 is 1.86 bits per heavy atom. The second-order valence-corrected chi connectivity index (χ2v) is 7.65. The van der Waals surface area contributed by atoms with Gasteiger partial charge in [-0.1, -0.05) is 54.2 Å². The minimum absolute atomic E-state index is 0.0225. The molecule has 1 amide bonds. The number of carbonyl (C=O) groups is 1. The van der Waals surface area contributed by atoms with Gasteiger partial charge in [0.1, 0.15) is 11.6 Å². The van der Waals surface area contributed by atoms with Crippen molar-refractivity contribution in [2.24, 2.45) is 7.05 Å². The van der Waals surface area contributed by atoms with Crippen LogP contribution in [0.3, 0.4) is 0 Å². The highest BCUT2D eigenvalue weighted by molar-refractivity contribution is 7.99. The van der Waals surface area contributed by atoms with Crippen molar-refractivity contribution in [1.82, 2.24) is 30.0 Å². The molecule has 0 saturated carbocycles. The van der Waals surface area contributed by atoms with Crippen molar-refractivity contribution in [3.8, 4) is 0 Å². The van der Waals surface area contributed by atoms with Crippen LogP contribution in [0.1, 0.15) is 17.2 Å². The summed E-state index contributed by atoms with van der Waals surface area (Å²) in [5.74, 6) is 2.09. The number of para-hydroxylation sites is 2. The molecule has 0 saturated heterocycles. The number of aromatic nitrogens is 5. The van der Waals surface area contributed by atoms with Gasteiger partial charge in [-0.3, -0.25) is 4.79 Å². The minimum Gasteiger partial charge on any atom is -0.351 e. The first-order valence-corrected chi connectivity index (χ1v) is 10.4. The van der Waals surface area contributed by atoms with E-state index in [1.165, 1.54) is 11.8 Å². The second-order valence-electron chi connectivity index (χ2n) is 6.71. The topological polar surface area (TPSA) is 88.5 Å². The van der Waals surface area contributed by atoms with Gasteiger partial charge in [0.05, 0.1) is 16.8 Å². The highest BCUT2D eigenvalue weighted by atomic mass is 32.2. The number of fused-ring (bicyclic) bond motifs is 1. The van der Waals surface area contributed by atoms with E-state index in [9.17, 15) is 4.79 Å². The van der Waals surface area contributed by atoms with Crippen molar-refractivity contribution in [3.05, 3.63) is 71.8 Å². The second kappa shape index (κ2) is 8.91. The van der Waals surface area contributed by atoms with Crippen LogP contribution >= 0.6 is 11.8 Å². The third-order valence-electron chi connectivity index (χ3n) is 4.61. The fraction of sp³-hybridized carbons (Fsp3) is 0.238. The smallest absolute Gasteiger partial charge is 0.230 e. The summed E-state index contributed by atoms with van der Waals surface area (Å²) in [4.78, 5) is 20.0. The van der Waals surface area contributed by atoms with Crippen LogP contribution in [-0.2, 0) is 31.2 Å². The third kappa shape index (κ3) is 4.83. The number of benzene rings is 2. The van der Waals surface area contributed by atoms with Gasteiger partial charge >= 0.3 is 0 Å². The summed E-state index contributed by atoms with van der Waals surface area (Å²) in [6.07, 6.45) is 1.48. The molecule has 4 rings (SSSR count). The van der Waals surface area contributed by atoms with Gasteiger partial charge in [-0.25, -0.2) is 4.98 Å². The van der Waals surface area contributed by atoms with E-state index in [0.717, 1.165) is 46.2 Å². The van der Waals surface area contributed by atoms with Crippen LogP contribution in [0.2, 0.25) is 0 Å². The molecule has 0 unspecified atom stereocenters.